The molecule has 7 nitrogen and oxygen atoms in total. The van der Waals surface area contributed by atoms with Crippen LogP contribution in [0.25, 0.3) is 0 Å². The maximum atomic E-state index is 12.7. The van der Waals surface area contributed by atoms with Crippen LogP contribution in [0, 0.1) is 5.41 Å². The van der Waals surface area contributed by atoms with Crippen LogP contribution in [0.3, 0.4) is 0 Å². The molecule has 1 amide bonds. The Balaban J connectivity index is 1.72. The first-order valence-corrected chi connectivity index (χ1v) is 8.45. The van der Waals surface area contributed by atoms with Crippen molar-refractivity contribution in [3.8, 4) is 5.75 Å². The minimum Gasteiger partial charge on any atom is -0.454 e. The zero-order chi connectivity index (χ0) is 22.1. The lowest BCUT2D eigenvalue weighted by atomic mass is 10.1. The minimum absolute atomic E-state index is 0.00182. The second-order valence-corrected chi connectivity index (χ2v) is 6.32. The number of amides is 1. The summed E-state index contributed by atoms with van der Waals surface area (Å²) in [6, 6.07) is 6.55. The number of hydrogen-bond donors (Lipinski definition) is 2. The standard InChI is InChI=1S/C18H15F5N4O3/c19-14(20)16(25)29-15(24)10-5-12-13(26-6-10)8-27(17(12)28)7-9-2-1-3-11(4-9)30-18(21,22)23/h1-6,14-15,25H,7-8,24H2. The van der Waals surface area contributed by atoms with Crippen molar-refractivity contribution in [2.75, 3.05) is 0 Å². The van der Waals surface area contributed by atoms with E-state index in [1.54, 1.807) is 0 Å². The molecule has 2 aromatic rings. The van der Waals surface area contributed by atoms with Crippen LogP contribution in [0.1, 0.15) is 33.4 Å². The zero-order valence-corrected chi connectivity index (χ0v) is 15.1. The van der Waals surface area contributed by atoms with E-state index >= 15 is 0 Å². The molecule has 0 aliphatic carbocycles. The van der Waals surface area contributed by atoms with Crippen molar-refractivity contribution in [2.24, 2.45) is 5.73 Å². The van der Waals surface area contributed by atoms with E-state index in [4.69, 9.17) is 11.1 Å². The van der Waals surface area contributed by atoms with Gasteiger partial charge in [-0.2, -0.15) is 8.78 Å². The number of carbonyl (C=O) groups is 1. The maximum absolute atomic E-state index is 12.7. The Morgan fingerprint density at radius 1 is 1.30 bits per heavy atom. The normalized spacial score (nSPS) is 14.6. The zero-order valence-electron chi connectivity index (χ0n) is 15.1. The van der Waals surface area contributed by atoms with Crippen molar-refractivity contribution in [3.05, 3.63) is 58.9 Å². The van der Waals surface area contributed by atoms with Gasteiger partial charge in [-0.1, -0.05) is 12.1 Å². The number of nitrogens with two attached hydrogens (primary N) is 1. The van der Waals surface area contributed by atoms with Crippen molar-refractivity contribution >= 4 is 11.8 Å². The monoisotopic (exact) mass is 430 g/mol. The largest absolute Gasteiger partial charge is 0.573 e. The highest BCUT2D eigenvalue weighted by molar-refractivity contribution is 5.97. The van der Waals surface area contributed by atoms with Crippen LogP contribution < -0.4 is 10.5 Å². The number of halogens is 5. The van der Waals surface area contributed by atoms with Gasteiger partial charge in [0.25, 0.3) is 11.8 Å². The molecule has 1 aromatic carbocycles. The third-order valence-electron chi connectivity index (χ3n) is 4.14. The number of aromatic nitrogens is 1. The summed E-state index contributed by atoms with van der Waals surface area (Å²) in [5.41, 5.74) is 6.71. The molecule has 0 saturated heterocycles. The highest BCUT2D eigenvalue weighted by atomic mass is 19.4. The van der Waals surface area contributed by atoms with Crippen molar-refractivity contribution < 1.29 is 36.2 Å². The second kappa shape index (κ2) is 8.22. The van der Waals surface area contributed by atoms with Gasteiger partial charge in [0.05, 0.1) is 17.8 Å². The number of alkyl halides is 5. The number of rotatable bonds is 6. The van der Waals surface area contributed by atoms with Crippen LogP contribution in [-0.4, -0.2) is 34.5 Å². The Kier molecular flexibility index (Phi) is 5.87. The van der Waals surface area contributed by atoms with Gasteiger partial charge in [-0.15, -0.1) is 13.2 Å². The lowest BCUT2D eigenvalue weighted by Gasteiger charge is -2.16. The minimum atomic E-state index is -4.83. The van der Waals surface area contributed by atoms with Crippen LogP contribution in [0.5, 0.6) is 5.75 Å². The number of nitrogens with one attached hydrogen (secondary N) is 1. The summed E-state index contributed by atoms with van der Waals surface area (Å²) in [4.78, 5) is 18.1. The molecule has 0 radical (unpaired) electrons. The van der Waals surface area contributed by atoms with Crippen LogP contribution in [0.15, 0.2) is 36.5 Å². The van der Waals surface area contributed by atoms with Crippen LogP contribution in [0.2, 0.25) is 0 Å². The molecule has 1 aliphatic rings. The molecular formula is C18H15F5N4O3. The van der Waals surface area contributed by atoms with Gasteiger partial charge in [-0.25, -0.2) is 0 Å². The van der Waals surface area contributed by atoms with E-state index in [1.165, 1.54) is 35.4 Å². The molecule has 2 heterocycles. The Hall–Kier alpha value is -3.28. The average Bonchev–Trinajstić information content (AvgIpc) is 2.95. The number of pyridine rings is 1. The fourth-order valence-corrected chi connectivity index (χ4v) is 2.84. The molecule has 1 atom stereocenters. The van der Waals surface area contributed by atoms with E-state index < -0.39 is 36.6 Å². The van der Waals surface area contributed by atoms with Gasteiger partial charge >= 0.3 is 12.8 Å². The topological polar surface area (TPSA) is 102 Å². The molecule has 160 valence electrons. The predicted molar refractivity (Wildman–Crippen MR) is 92.7 cm³/mol. The molecule has 1 unspecified atom stereocenters. The molecule has 0 bridgehead atoms. The van der Waals surface area contributed by atoms with Gasteiger partial charge in [0.15, 0.2) is 6.23 Å². The molecule has 30 heavy (non-hydrogen) atoms. The summed E-state index contributed by atoms with van der Waals surface area (Å²) in [6.45, 7) is 0.0971. The van der Waals surface area contributed by atoms with Gasteiger partial charge in [0, 0.05) is 18.3 Å². The first-order chi connectivity index (χ1) is 14.0. The van der Waals surface area contributed by atoms with Gasteiger partial charge in [-0.3, -0.25) is 20.9 Å². The lowest BCUT2D eigenvalue weighted by molar-refractivity contribution is -0.274. The van der Waals surface area contributed by atoms with E-state index in [0.717, 1.165) is 6.07 Å². The molecule has 1 aromatic heterocycles. The van der Waals surface area contributed by atoms with Crippen molar-refractivity contribution in [2.45, 2.75) is 32.1 Å². The highest BCUT2D eigenvalue weighted by Gasteiger charge is 2.32. The third kappa shape index (κ3) is 5.00. The molecule has 1 aliphatic heterocycles. The molecular weight excluding hydrogens is 415 g/mol. The smallest absolute Gasteiger partial charge is 0.454 e. The average molecular weight is 430 g/mol. The van der Waals surface area contributed by atoms with Crippen molar-refractivity contribution in [1.82, 2.24) is 9.88 Å². The summed E-state index contributed by atoms with van der Waals surface area (Å²) in [6.07, 6.45) is -8.13. The summed E-state index contributed by atoms with van der Waals surface area (Å²) in [5.74, 6) is -2.18. The first-order valence-electron chi connectivity index (χ1n) is 8.45. The van der Waals surface area contributed by atoms with Gasteiger partial charge in [0.1, 0.15) is 5.75 Å². The van der Waals surface area contributed by atoms with Crippen LogP contribution in [0.4, 0.5) is 22.0 Å². The fraction of sp³-hybridized carbons (Fsp3) is 0.278. The first kappa shape index (κ1) is 21.4. The lowest BCUT2D eigenvalue weighted by Crippen LogP contribution is -2.24. The molecule has 0 spiro atoms. The van der Waals surface area contributed by atoms with E-state index in [0.29, 0.717) is 11.3 Å². The molecule has 0 fully saturated rings. The SMILES string of the molecule is N=C(OC(N)c1cnc2c(c1)C(=O)N(Cc1cccc(OC(F)(F)F)c1)C2)C(F)F. The Morgan fingerprint density at radius 2 is 2.03 bits per heavy atom. The van der Waals surface area contributed by atoms with Crippen LogP contribution >= 0.6 is 0 Å². The number of ether oxygens (including phenoxy) is 2. The summed E-state index contributed by atoms with van der Waals surface area (Å²) in [7, 11) is 0. The number of benzene rings is 1. The van der Waals surface area contributed by atoms with Crippen molar-refractivity contribution in [1.29, 1.82) is 5.41 Å². The Morgan fingerprint density at radius 3 is 2.70 bits per heavy atom. The summed E-state index contributed by atoms with van der Waals surface area (Å²) in [5, 5.41) is 7.02. The van der Waals surface area contributed by atoms with E-state index in [9.17, 15) is 26.7 Å². The number of fused-ring (bicyclic) bond motifs is 1. The number of nitrogens with zero attached hydrogens (tertiary/aromatic N) is 2. The van der Waals surface area contributed by atoms with Crippen molar-refractivity contribution in [3.63, 3.8) is 0 Å². The second-order valence-electron chi connectivity index (χ2n) is 6.32. The predicted octanol–water partition coefficient (Wildman–Crippen LogP) is 3.35. The maximum Gasteiger partial charge on any atom is 0.573 e. The molecule has 0 saturated carbocycles. The number of carbonyl (C=O) groups excluding carboxylic acids is 1. The fourth-order valence-electron chi connectivity index (χ4n) is 2.84. The molecule has 3 N–H and O–H groups in total. The van der Waals surface area contributed by atoms with Crippen LogP contribution in [-0.2, 0) is 17.8 Å². The van der Waals surface area contributed by atoms with Gasteiger partial charge < -0.3 is 14.4 Å². The van der Waals surface area contributed by atoms with Gasteiger partial charge in [0.2, 0.25) is 0 Å². The highest BCUT2D eigenvalue weighted by Crippen LogP contribution is 2.28. The van der Waals surface area contributed by atoms with E-state index in [-0.39, 0.29) is 24.2 Å². The number of hydrogen-bond acceptors (Lipinski definition) is 6. The Bertz CT molecular complexity index is 967. The molecule has 12 heteroatoms. The van der Waals surface area contributed by atoms with E-state index in [1.807, 2.05) is 0 Å². The third-order valence-corrected chi connectivity index (χ3v) is 4.14. The Labute approximate surface area is 166 Å². The van der Waals surface area contributed by atoms with E-state index in [2.05, 4.69) is 14.5 Å². The summed E-state index contributed by atoms with van der Waals surface area (Å²) < 4.78 is 70.4. The molecule has 3 rings (SSSR count). The summed E-state index contributed by atoms with van der Waals surface area (Å²) >= 11 is 0. The van der Waals surface area contributed by atoms with Gasteiger partial charge in [-0.05, 0) is 23.8 Å². The quantitative estimate of drug-likeness (QED) is 0.317.